The molecule has 0 amide bonds. The normalized spacial score (nSPS) is 18.3. The lowest BCUT2D eigenvalue weighted by Crippen LogP contribution is -2.41. The Labute approximate surface area is 77.6 Å². The second kappa shape index (κ2) is 4.56. The quantitative estimate of drug-likeness (QED) is 0.695. The van der Waals surface area contributed by atoms with Crippen molar-refractivity contribution >= 4 is 5.97 Å². The zero-order valence-electron chi connectivity index (χ0n) is 8.25. The van der Waals surface area contributed by atoms with Crippen molar-refractivity contribution in [1.82, 2.24) is 0 Å². The van der Waals surface area contributed by atoms with E-state index in [0.717, 1.165) is 0 Å². The molecule has 2 N–H and O–H groups in total. The number of carboxylic acids is 1. The van der Waals surface area contributed by atoms with Crippen LogP contribution in [-0.4, -0.2) is 28.0 Å². The summed E-state index contributed by atoms with van der Waals surface area (Å²) < 4.78 is 12.9. The smallest absolute Gasteiger partial charge is 0.341 e. The van der Waals surface area contributed by atoms with Crippen molar-refractivity contribution in [2.75, 3.05) is 0 Å². The average Bonchev–Trinajstić information content (AvgIpc) is 1.99. The van der Waals surface area contributed by atoms with Gasteiger partial charge < -0.3 is 10.2 Å². The maximum absolute atomic E-state index is 12.9. The number of hydrogen-bond acceptors (Lipinski definition) is 2. The van der Waals surface area contributed by atoms with Gasteiger partial charge in [0.05, 0.1) is 0 Å². The third-order valence-electron chi connectivity index (χ3n) is 1.99. The van der Waals surface area contributed by atoms with Gasteiger partial charge in [-0.25, -0.2) is 9.18 Å². The Morgan fingerprint density at radius 2 is 2.00 bits per heavy atom. The number of halogens is 1. The molecule has 0 aromatic heterocycles. The molecule has 2 atom stereocenters. The van der Waals surface area contributed by atoms with E-state index in [9.17, 15) is 14.3 Å². The van der Waals surface area contributed by atoms with Gasteiger partial charge in [-0.3, -0.25) is 0 Å². The lowest BCUT2D eigenvalue weighted by Gasteiger charge is -2.25. The highest BCUT2D eigenvalue weighted by Gasteiger charge is 2.37. The Hall–Kier alpha value is -0.640. The van der Waals surface area contributed by atoms with Gasteiger partial charge in [0.25, 0.3) is 0 Å². The molecule has 0 saturated heterocycles. The fourth-order valence-electron chi connectivity index (χ4n) is 0.974. The molecule has 78 valence electrons. The Morgan fingerprint density at radius 3 is 2.31 bits per heavy atom. The number of aliphatic carboxylic acids is 1. The summed E-state index contributed by atoms with van der Waals surface area (Å²) in [6.07, 6.45) is -1.43. The summed E-state index contributed by atoms with van der Waals surface area (Å²) in [5.41, 5.74) is -1.75. The number of rotatable bonds is 5. The molecule has 0 heterocycles. The fourth-order valence-corrected chi connectivity index (χ4v) is 0.974. The summed E-state index contributed by atoms with van der Waals surface area (Å²) >= 11 is 0. The van der Waals surface area contributed by atoms with Crippen LogP contribution in [-0.2, 0) is 4.79 Å². The summed E-state index contributed by atoms with van der Waals surface area (Å²) in [6.45, 7) is 5.09. The van der Waals surface area contributed by atoms with Gasteiger partial charge in [0, 0.05) is 0 Å². The van der Waals surface area contributed by atoms with Crippen molar-refractivity contribution in [3.05, 3.63) is 0 Å². The van der Waals surface area contributed by atoms with E-state index in [0.29, 0.717) is 12.3 Å². The molecule has 0 spiro atoms. The van der Waals surface area contributed by atoms with Crippen molar-refractivity contribution in [1.29, 1.82) is 0 Å². The average molecular weight is 192 g/mol. The summed E-state index contributed by atoms with van der Waals surface area (Å²) in [4.78, 5) is 10.3. The van der Waals surface area contributed by atoms with Gasteiger partial charge in [0.1, 0.15) is 5.60 Å². The van der Waals surface area contributed by atoms with Crippen molar-refractivity contribution < 1.29 is 19.4 Å². The molecule has 0 saturated carbocycles. The SMILES string of the molecule is CC(C)CCC(C)(O)C(F)C(=O)O. The first kappa shape index (κ1) is 12.4. The van der Waals surface area contributed by atoms with Crippen molar-refractivity contribution in [2.45, 2.75) is 45.4 Å². The standard InChI is InChI=1S/C9H17FO3/c1-6(2)4-5-9(3,13)7(10)8(11)12/h6-7,13H,4-5H2,1-3H3,(H,11,12). The van der Waals surface area contributed by atoms with Crippen molar-refractivity contribution in [3.63, 3.8) is 0 Å². The van der Waals surface area contributed by atoms with Gasteiger partial charge in [0.15, 0.2) is 0 Å². The fraction of sp³-hybridized carbons (Fsp3) is 0.889. The van der Waals surface area contributed by atoms with Crippen LogP contribution in [0.25, 0.3) is 0 Å². The molecule has 0 aliphatic heterocycles. The molecule has 0 rings (SSSR count). The molecular weight excluding hydrogens is 175 g/mol. The van der Waals surface area contributed by atoms with E-state index in [4.69, 9.17) is 5.11 Å². The molecule has 0 aliphatic rings. The second-order valence-electron chi connectivity index (χ2n) is 3.99. The number of aliphatic hydroxyl groups is 1. The van der Waals surface area contributed by atoms with Crippen LogP contribution in [0.2, 0.25) is 0 Å². The van der Waals surface area contributed by atoms with Crippen LogP contribution in [0.1, 0.15) is 33.6 Å². The van der Waals surface area contributed by atoms with Gasteiger partial charge in [-0.05, 0) is 25.7 Å². The molecule has 2 unspecified atom stereocenters. The van der Waals surface area contributed by atoms with Gasteiger partial charge >= 0.3 is 5.97 Å². The zero-order valence-corrected chi connectivity index (χ0v) is 8.25. The molecule has 3 nitrogen and oxygen atoms in total. The van der Waals surface area contributed by atoms with Crippen LogP contribution >= 0.6 is 0 Å². The number of alkyl halides is 1. The van der Waals surface area contributed by atoms with Gasteiger partial charge in [-0.1, -0.05) is 13.8 Å². The van der Waals surface area contributed by atoms with Crippen molar-refractivity contribution in [2.24, 2.45) is 5.92 Å². The summed E-state index contributed by atoms with van der Waals surface area (Å²) in [5.74, 6) is -1.28. The molecule has 13 heavy (non-hydrogen) atoms. The van der Waals surface area contributed by atoms with Crippen LogP contribution in [0.5, 0.6) is 0 Å². The molecule has 0 bridgehead atoms. The van der Waals surface area contributed by atoms with Crippen molar-refractivity contribution in [3.8, 4) is 0 Å². The molecule has 4 heteroatoms. The van der Waals surface area contributed by atoms with Gasteiger partial charge in [-0.15, -0.1) is 0 Å². The van der Waals surface area contributed by atoms with Crippen LogP contribution in [0.4, 0.5) is 4.39 Å². The Kier molecular flexibility index (Phi) is 4.33. The van der Waals surface area contributed by atoms with E-state index in [1.54, 1.807) is 0 Å². The number of carbonyl (C=O) groups is 1. The maximum atomic E-state index is 12.9. The predicted molar refractivity (Wildman–Crippen MR) is 47.2 cm³/mol. The molecule has 0 aromatic rings. The van der Waals surface area contributed by atoms with E-state index < -0.39 is 17.7 Å². The largest absolute Gasteiger partial charge is 0.479 e. The Bertz CT molecular complexity index is 178. The molecule has 0 fully saturated rings. The van der Waals surface area contributed by atoms with E-state index >= 15 is 0 Å². The third kappa shape index (κ3) is 4.22. The van der Waals surface area contributed by atoms with Crippen LogP contribution in [0, 0.1) is 5.92 Å². The van der Waals surface area contributed by atoms with E-state index in [1.807, 2.05) is 13.8 Å². The summed E-state index contributed by atoms with van der Waals surface area (Å²) in [6, 6.07) is 0. The molecule has 0 aromatic carbocycles. The monoisotopic (exact) mass is 192 g/mol. The highest BCUT2D eigenvalue weighted by molar-refractivity contribution is 5.73. The summed E-state index contributed by atoms with van der Waals surface area (Å²) in [7, 11) is 0. The Morgan fingerprint density at radius 1 is 1.54 bits per heavy atom. The minimum atomic E-state index is -2.20. The minimum absolute atomic E-state index is 0.165. The van der Waals surface area contributed by atoms with Gasteiger partial charge in [0.2, 0.25) is 6.17 Å². The first-order chi connectivity index (χ1) is 5.77. The Balaban J connectivity index is 4.13. The zero-order chi connectivity index (χ0) is 10.6. The van der Waals surface area contributed by atoms with Crippen LogP contribution < -0.4 is 0 Å². The first-order valence-corrected chi connectivity index (χ1v) is 4.36. The van der Waals surface area contributed by atoms with E-state index in [-0.39, 0.29) is 6.42 Å². The molecule has 0 aliphatic carbocycles. The summed E-state index contributed by atoms with van der Waals surface area (Å²) in [5, 5.41) is 17.8. The lowest BCUT2D eigenvalue weighted by molar-refractivity contribution is -0.153. The van der Waals surface area contributed by atoms with E-state index in [1.165, 1.54) is 6.92 Å². The molecule has 0 radical (unpaired) electrons. The third-order valence-corrected chi connectivity index (χ3v) is 1.99. The predicted octanol–water partition coefficient (Wildman–Crippen LogP) is 1.60. The van der Waals surface area contributed by atoms with Crippen LogP contribution in [0.15, 0.2) is 0 Å². The topological polar surface area (TPSA) is 57.5 Å². The van der Waals surface area contributed by atoms with Gasteiger partial charge in [-0.2, -0.15) is 0 Å². The number of carboxylic acid groups (broad SMARTS) is 1. The maximum Gasteiger partial charge on any atom is 0.341 e. The van der Waals surface area contributed by atoms with E-state index in [2.05, 4.69) is 0 Å². The highest BCUT2D eigenvalue weighted by Crippen LogP contribution is 2.22. The molecular formula is C9H17FO3. The first-order valence-electron chi connectivity index (χ1n) is 4.36. The van der Waals surface area contributed by atoms with Crippen LogP contribution in [0.3, 0.4) is 0 Å². The lowest BCUT2D eigenvalue weighted by atomic mass is 9.91. The second-order valence-corrected chi connectivity index (χ2v) is 3.99. The highest BCUT2D eigenvalue weighted by atomic mass is 19.1. The minimum Gasteiger partial charge on any atom is -0.479 e. The number of hydrogen-bond donors (Lipinski definition) is 2.